The number of benzene rings is 3. The summed E-state index contributed by atoms with van der Waals surface area (Å²) < 4.78 is 33.6. The van der Waals surface area contributed by atoms with Crippen molar-refractivity contribution in [3.05, 3.63) is 105 Å². The number of hydrogen-bond acceptors (Lipinski definition) is 8. The third kappa shape index (κ3) is 9.67. The van der Waals surface area contributed by atoms with E-state index in [-0.39, 0.29) is 18.8 Å². The molecule has 1 atom stereocenters. The maximum atomic E-state index is 14.2. The van der Waals surface area contributed by atoms with Crippen LogP contribution in [0.4, 0.5) is 4.39 Å². The summed E-state index contributed by atoms with van der Waals surface area (Å²) in [6, 6.07) is 20.6. The minimum atomic E-state index is -1.03. The van der Waals surface area contributed by atoms with Crippen molar-refractivity contribution >= 4 is 17.4 Å². The predicted molar refractivity (Wildman–Crippen MR) is 212 cm³/mol. The number of ketones is 1. The summed E-state index contributed by atoms with van der Waals surface area (Å²) in [5.41, 5.74) is 6.96. The van der Waals surface area contributed by atoms with Gasteiger partial charge in [-0.15, -0.1) is 0 Å². The molecule has 2 aliphatic carbocycles. The molecule has 1 saturated heterocycles. The molecule has 8 nitrogen and oxygen atoms in total. The Morgan fingerprint density at radius 1 is 0.982 bits per heavy atom. The van der Waals surface area contributed by atoms with Gasteiger partial charge in [0.25, 0.3) is 0 Å². The second-order valence-electron chi connectivity index (χ2n) is 15.5. The van der Waals surface area contributed by atoms with E-state index in [9.17, 15) is 14.4 Å². The summed E-state index contributed by atoms with van der Waals surface area (Å²) in [6.07, 6.45) is 9.64. The van der Waals surface area contributed by atoms with E-state index in [1.54, 1.807) is 19.2 Å². The minimum absolute atomic E-state index is 0.189. The first-order valence-corrected chi connectivity index (χ1v) is 20.0. The molecular formula is C45H50ClFN4O4. The molecule has 55 heavy (non-hydrogen) atoms. The Labute approximate surface area is 329 Å². The average molecular weight is 765 g/mol. The number of Topliss-reactive ketones (excluding diaryl/α,β-unsaturated/α-hetero) is 1. The highest BCUT2D eigenvalue weighted by molar-refractivity contribution is 6.32. The maximum absolute atomic E-state index is 14.2. The van der Waals surface area contributed by atoms with Gasteiger partial charge in [-0.3, -0.25) is 9.78 Å². The van der Waals surface area contributed by atoms with Gasteiger partial charge in [-0.25, -0.2) is 4.39 Å². The number of ether oxygens (including phenoxy) is 3. The van der Waals surface area contributed by atoms with Crippen molar-refractivity contribution in [1.29, 1.82) is 5.26 Å². The summed E-state index contributed by atoms with van der Waals surface area (Å²) >= 11 is 6.95. The number of halogens is 2. The number of aromatic nitrogens is 1. The van der Waals surface area contributed by atoms with E-state index in [1.165, 1.54) is 17.3 Å². The first kappa shape index (κ1) is 38.8. The normalized spacial score (nSPS) is 18.5. The average Bonchev–Trinajstić information content (AvgIpc) is 3.60. The zero-order chi connectivity index (χ0) is 38.4. The molecule has 2 fully saturated rings. The fraction of sp³-hybridized carbons (Fsp3) is 0.444. The topological polar surface area (TPSA) is 96.7 Å². The van der Waals surface area contributed by atoms with Crippen molar-refractivity contribution in [2.45, 2.75) is 103 Å². The molecule has 288 valence electrons. The highest BCUT2D eigenvalue weighted by Gasteiger charge is 2.30. The van der Waals surface area contributed by atoms with Crippen molar-refractivity contribution in [3.63, 3.8) is 0 Å². The number of piperidine rings is 1. The number of nitrogens with zero attached hydrogens (tertiary/aromatic N) is 3. The number of nitrogens with one attached hydrogen (secondary N) is 1. The van der Waals surface area contributed by atoms with E-state index in [2.05, 4.69) is 58.5 Å². The third-order valence-corrected chi connectivity index (χ3v) is 11.7. The number of alkyl halides is 1. The predicted octanol–water partition coefficient (Wildman–Crippen LogP) is 9.42. The van der Waals surface area contributed by atoms with Crippen LogP contribution in [0, 0.1) is 18.3 Å². The van der Waals surface area contributed by atoms with E-state index in [0.717, 1.165) is 85.3 Å². The molecule has 0 radical (unpaired) electrons. The molecule has 0 spiro atoms. The molecule has 1 N–H and O–H groups in total. The number of hydrogen-bond donors (Lipinski definition) is 1. The number of carbonyl (C=O) groups is 1. The van der Waals surface area contributed by atoms with Crippen LogP contribution in [0.3, 0.4) is 0 Å². The Hall–Kier alpha value is -4.49. The molecular weight excluding hydrogens is 715 g/mol. The molecule has 4 aromatic rings. The van der Waals surface area contributed by atoms with Gasteiger partial charge >= 0.3 is 0 Å². The van der Waals surface area contributed by atoms with Crippen LogP contribution in [-0.4, -0.2) is 53.6 Å². The second kappa shape index (κ2) is 17.5. The summed E-state index contributed by atoms with van der Waals surface area (Å²) in [6.45, 7) is 7.72. The molecule has 3 aliphatic rings. The van der Waals surface area contributed by atoms with Gasteiger partial charge in [-0.2, -0.15) is 5.26 Å². The van der Waals surface area contributed by atoms with E-state index >= 15 is 0 Å². The van der Waals surface area contributed by atoms with Gasteiger partial charge in [0.15, 0.2) is 0 Å². The van der Waals surface area contributed by atoms with Gasteiger partial charge < -0.3 is 24.4 Å². The van der Waals surface area contributed by atoms with E-state index < -0.39 is 5.67 Å². The number of fused-ring (bicyclic) bond motifs is 1. The summed E-state index contributed by atoms with van der Waals surface area (Å²) in [4.78, 5) is 18.3. The van der Waals surface area contributed by atoms with E-state index in [4.69, 9.17) is 25.8 Å². The number of pyridine rings is 1. The van der Waals surface area contributed by atoms with Gasteiger partial charge in [0, 0.05) is 74.6 Å². The standard InChI is InChI=1S/C45H50ClFN4O4/c1-30-36(6-4-9-41(30)53-21-5-18-51-19-16-45(2,47)17-20-51)37-7-3-8-39-38(37)14-15-42(39)55-44-24-43(54-29-32-22-31(25-48)26-49-27-32)33(23-40(44)46)28-50-34-10-12-35(52)13-11-34/h3-4,6-9,22-24,26-27,34,42,50H,5,10-21,28-29H2,1-2H3/t42-/m0/s1. The quantitative estimate of drug-likeness (QED) is 0.127. The molecule has 0 bridgehead atoms. The molecule has 1 aromatic heterocycles. The first-order valence-electron chi connectivity index (χ1n) is 19.6. The van der Waals surface area contributed by atoms with Crippen molar-refractivity contribution in [1.82, 2.24) is 15.2 Å². The summed E-state index contributed by atoms with van der Waals surface area (Å²) in [5, 5.41) is 13.5. The minimum Gasteiger partial charge on any atom is -0.493 e. The lowest BCUT2D eigenvalue weighted by Gasteiger charge is -2.34. The lowest BCUT2D eigenvalue weighted by atomic mass is 9.93. The Bertz CT molecular complexity index is 2030. The Morgan fingerprint density at radius 2 is 1.76 bits per heavy atom. The maximum Gasteiger partial charge on any atom is 0.142 e. The number of likely N-dealkylation sites (tertiary alicyclic amines) is 1. The van der Waals surface area contributed by atoms with Crippen LogP contribution in [0.5, 0.6) is 17.2 Å². The summed E-state index contributed by atoms with van der Waals surface area (Å²) in [5.74, 6) is 2.39. The van der Waals surface area contributed by atoms with Crippen LogP contribution < -0.4 is 19.5 Å². The fourth-order valence-corrected chi connectivity index (χ4v) is 8.28. The Balaban J connectivity index is 1.05. The van der Waals surface area contributed by atoms with Gasteiger partial charge in [0.1, 0.15) is 47.5 Å². The van der Waals surface area contributed by atoms with Crippen LogP contribution in [0.15, 0.2) is 67.0 Å². The Kier molecular flexibility index (Phi) is 12.4. The fourth-order valence-electron chi connectivity index (χ4n) is 8.05. The lowest BCUT2D eigenvalue weighted by Crippen LogP contribution is -2.40. The van der Waals surface area contributed by atoms with Crippen LogP contribution in [0.2, 0.25) is 5.02 Å². The molecule has 3 aromatic carbocycles. The molecule has 0 unspecified atom stereocenters. The molecule has 1 saturated carbocycles. The third-order valence-electron chi connectivity index (χ3n) is 11.4. The zero-order valence-corrected chi connectivity index (χ0v) is 32.6. The van der Waals surface area contributed by atoms with Gasteiger partial charge in [-0.1, -0.05) is 41.9 Å². The molecule has 1 aliphatic heterocycles. The van der Waals surface area contributed by atoms with Crippen LogP contribution in [0.25, 0.3) is 11.1 Å². The smallest absolute Gasteiger partial charge is 0.142 e. The van der Waals surface area contributed by atoms with Crippen LogP contribution >= 0.6 is 11.6 Å². The molecule has 7 rings (SSSR count). The molecule has 0 amide bonds. The first-order chi connectivity index (χ1) is 26.7. The van der Waals surface area contributed by atoms with Crippen LogP contribution in [0.1, 0.15) is 97.8 Å². The SMILES string of the molecule is Cc1c(OCCCN2CCC(C)(F)CC2)cccc1-c1cccc2c1CC[C@@H]2Oc1cc(OCc2cncc(C#N)c2)c(CNC2CCC(=O)CC2)cc1Cl. The monoisotopic (exact) mass is 764 g/mol. The van der Waals surface area contributed by atoms with Gasteiger partial charge in [0.05, 0.1) is 17.2 Å². The van der Waals surface area contributed by atoms with Crippen molar-refractivity contribution < 1.29 is 23.4 Å². The van der Waals surface area contributed by atoms with E-state index in [1.807, 2.05) is 18.2 Å². The van der Waals surface area contributed by atoms with Crippen molar-refractivity contribution in [3.8, 4) is 34.4 Å². The highest BCUT2D eigenvalue weighted by Crippen LogP contribution is 2.44. The Morgan fingerprint density at radius 3 is 2.56 bits per heavy atom. The van der Waals surface area contributed by atoms with Crippen molar-refractivity contribution in [2.24, 2.45) is 0 Å². The number of carbonyl (C=O) groups excluding carboxylic acids is 1. The van der Waals surface area contributed by atoms with Crippen molar-refractivity contribution in [2.75, 3.05) is 26.2 Å². The highest BCUT2D eigenvalue weighted by atomic mass is 35.5. The number of rotatable bonds is 14. The zero-order valence-electron chi connectivity index (χ0n) is 31.8. The van der Waals surface area contributed by atoms with Crippen LogP contribution in [-0.2, 0) is 24.4 Å². The molecule has 10 heteroatoms. The van der Waals surface area contributed by atoms with E-state index in [0.29, 0.717) is 66.7 Å². The lowest BCUT2D eigenvalue weighted by molar-refractivity contribution is -0.120. The number of nitriles is 1. The van der Waals surface area contributed by atoms with Gasteiger partial charge in [-0.05, 0) is 105 Å². The van der Waals surface area contributed by atoms with Gasteiger partial charge in [0.2, 0.25) is 0 Å². The summed E-state index contributed by atoms with van der Waals surface area (Å²) in [7, 11) is 0. The largest absolute Gasteiger partial charge is 0.493 e. The molecule has 2 heterocycles. The second-order valence-corrected chi connectivity index (χ2v) is 15.9.